The number of ether oxygens (including phenoxy) is 1. The molecule has 0 amide bonds. The van der Waals surface area contributed by atoms with Crippen LogP contribution in [0.2, 0.25) is 0 Å². The number of rotatable bonds is 3. The van der Waals surface area contributed by atoms with Gasteiger partial charge in [0.1, 0.15) is 17.9 Å². The zero-order valence-corrected chi connectivity index (χ0v) is 14.4. The molecule has 0 saturated carbocycles. The van der Waals surface area contributed by atoms with Gasteiger partial charge >= 0.3 is 0 Å². The number of pyridine rings is 1. The Labute approximate surface area is 146 Å². The number of hydrogen-bond donors (Lipinski definition) is 1. The van der Waals surface area contributed by atoms with Gasteiger partial charge in [0, 0.05) is 10.9 Å². The Morgan fingerprint density at radius 3 is 3.00 bits per heavy atom. The van der Waals surface area contributed by atoms with Crippen molar-refractivity contribution in [3.8, 4) is 5.88 Å². The molecule has 1 aromatic carbocycles. The predicted molar refractivity (Wildman–Crippen MR) is 93.1 cm³/mol. The summed E-state index contributed by atoms with van der Waals surface area (Å²) in [5.74, 6) is 1.05. The highest BCUT2D eigenvalue weighted by Crippen LogP contribution is 2.28. The second-order valence-corrected chi connectivity index (χ2v) is 6.16. The Balaban J connectivity index is 1.65. The van der Waals surface area contributed by atoms with Gasteiger partial charge in [-0.1, -0.05) is 23.4 Å². The molecule has 0 radical (unpaired) electrons. The van der Waals surface area contributed by atoms with E-state index in [9.17, 15) is 0 Å². The molecule has 24 heavy (non-hydrogen) atoms. The largest absolute Gasteiger partial charge is 0.480 e. The summed E-state index contributed by atoms with van der Waals surface area (Å²) >= 11 is 3.39. The number of aromatic nitrogens is 1. The number of nitrogens with zero attached hydrogens (tertiary/aromatic N) is 2. The lowest BCUT2D eigenvalue weighted by molar-refractivity contribution is 0.109. The summed E-state index contributed by atoms with van der Waals surface area (Å²) in [7, 11) is 1.57. The first-order valence-corrected chi connectivity index (χ1v) is 8.19. The molecule has 1 unspecified atom stereocenters. The fraction of sp³-hybridized carbons (Fsp3) is 0.176. The van der Waals surface area contributed by atoms with E-state index in [-0.39, 0.29) is 6.04 Å². The molecule has 7 heteroatoms. The van der Waals surface area contributed by atoms with Gasteiger partial charge in [-0.2, -0.15) is 0 Å². The third-order valence-electron chi connectivity index (χ3n) is 3.84. The summed E-state index contributed by atoms with van der Waals surface area (Å²) in [4.78, 5) is 9.84. The maximum Gasteiger partial charge on any atom is 0.228 e. The van der Waals surface area contributed by atoms with Crippen molar-refractivity contribution < 1.29 is 14.0 Å². The Morgan fingerprint density at radius 1 is 1.25 bits per heavy atom. The SMILES string of the molecule is COc1nc(C2=NOCC(c3coc4ccccc34)N2)ccc1Br. The van der Waals surface area contributed by atoms with Crippen molar-refractivity contribution in [2.45, 2.75) is 6.04 Å². The molecule has 3 aromatic rings. The maximum atomic E-state index is 5.62. The van der Waals surface area contributed by atoms with Crippen LogP contribution in [0, 0.1) is 0 Å². The second kappa shape index (κ2) is 6.16. The van der Waals surface area contributed by atoms with Gasteiger partial charge < -0.3 is 19.3 Å². The van der Waals surface area contributed by atoms with Crippen molar-refractivity contribution >= 4 is 32.7 Å². The maximum absolute atomic E-state index is 5.62. The van der Waals surface area contributed by atoms with Crippen LogP contribution in [-0.4, -0.2) is 24.5 Å². The fourth-order valence-corrected chi connectivity index (χ4v) is 3.05. The first kappa shape index (κ1) is 15.0. The zero-order valence-electron chi connectivity index (χ0n) is 12.8. The van der Waals surface area contributed by atoms with E-state index < -0.39 is 0 Å². The highest BCUT2D eigenvalue weighted by molar-refractivity contribution is 9.10. The van der Waals surface area contributed by atoms with E-state index in [4.69, 9.17) is 14.0 Å². The second-order valence-electron chi connectivity index (χ2n) is 5.31. The Kier molecular flexibility index (Phi) is 3.86. The summed E-state index contributed by atoms with van der Waals surface area (Å²) in [6.45, 7) is 0.417. The van der Waals surface area contributed by atoms with Gasteiger partial charge in [-0.3, -0.25) is 0 Å². The van der Waals surface area contributed by atoms with Gasteiger partial charge in [-0.25, -0.2) is 4.98 Å². The zero-order chi connectivity index (χ0) is 16.5. The van der Waals surface area contributed by atoms with Crippen LogP contribution in [0.3, 0.4) is 0 Å². The molecule has 2 aromatic heterocycles. The van der Waals surface area contributed by atoms with E-state index in [0.29, 0.717) is 24.0 Å². The molecule has 4 rings (SSSR count). The van der Waals surface area contributed by atoms with Gasteiger partial charge in [-0.05, 0) is 34.1 Å². The number of furan rings is 1. The van der Waals surface area contributed by atoms with Gasteiger partial charge in [0.05, 0.1) is 23.9 Å². The molecule has 1 aliphatic heterocycles. The van der Waals surface area contributed by atoms with Crippen LogP contribution in [0.25, 0.3) is 11.0 Å². The third-order valence-corrected chi connectivity index (χ3v) is 4.45. The van der Waals surface area contributed by atoms with E-state index >= 15 is 0 Å². The molecule has 122 valence electrons. The minimum absolute atomic E-state index is 0.0717. The van der Waals surface area contributed by atoms with Crippen molar-refractivity contribution in [3.05, 3.63) is 58.4 Å². The molecule has 1 aliphatic rings. The number of amidine groups is 1. The van der Waals surface area contributed by atoms with Gasteiger partial charge in [0.25, 0.3) is 0 Å². The van der Waals surface area contributed by atoms with Crippen molar-refractivity contribution in [2.75, 3.05) is 13.7 Å². The standard InChI is InChI=1S/C17H14BrN3O3/c1-22-17-12(18)6-7-13(20-17)16-19-14(9-24-21-16)11-8-23-15-5-3-2-4-10(11)15/h2-8,14H,9H2,1H3,(H,19,21). The predicted octanol–water partition coefficient (Wildman–Crippen LogP) is 3.62. The summed E-state index contributed by atoms with van der Waals surface area (Å²) < 4.78 is 11.6. The Hall–Kier alpha value is -2.54. The monoisotopic (exact) mass is 387 g/mol. The molecule has 0 aliphatic carbocycles. The molecular weight excluding hydrogens is 374 g/mol. The van der Waals surface area contributed by atoms with E-state index in [1.165, 1.54) is 0 Å². The number of fused-ring (bicyclic) bond motifs is 1. The quantitative estimate of drug-likeness (QED) is 0.742. The van der Waals surface area contributed by atoms with Crippen molar-refractivity contribution in [3.63, 3.8) is 0 Å². The van der Waals surface area contributed by atoms with E-state index in [2.05, 4.69) is 31.4 Å². The molecule has 1 atom stereocenters. The smallest absolute Gasteiger partial charge is 0.228 e. The van der Waals surface area contributed by atoms with Gasteiger partial charge in [0.2, 0.25) is 5.88 Å². The average Bonchev–Trinajstić information content (AvgIpc) is 3.06. The number of hydrogen-bond acceptors (Lipinski definition) is 6. The van der Waals surface area contributed by atoms with Crippen LogP contribution in [0.4, 0.5) is 0 Å². The number of halogens is 1. The summed E-state index contributed by atoms with van der Waals surface area (Å²) in [6, 6.07) is 11.5. The average molecular weight is 388 g/mol. The van der Waals surface area contributed by atoms with Crippen molar-refractivity contribution in [1.29, 1.82) is 0 Å². The van der Waals surface area contributed by atoms with Crippen LogP contribution in [0.5, 0.6) is 5.88 Å². The highest BCUT2D eigenvalue weighted by atomic mass is 79.9. The molecule has 0 spiro atoms. The Bertz CT molecular complexity index is 922. The van der Waals surface area contributed by atoms with E-state index in [0.717, 1.165) is 21.0 Å². The Morgan fingerprint density at radius 2 is 2.12 bits per heavy atom. The minimum atomic E-state index is -0.0717. The van der Waals surface area contributed by atoms with Gasteiger partial charge in [-0.15, -0.1) is 0 Å². The molecule has 6 nitrogen and oxygen atoms in total. The first-order valence-electron chi connectivity index (χ1n) is 7.40. The lowest BCUT2D eigenvalue weighted by Gasteiger charge is -2.23. The van der Waals surface area contributed by atoms with E-state index in [1.807, 2.05) is 36.4 Å². The summed E-state index contributed by atoms with van der Waals surface area (Å²) in [6.07, 6.45) is 1.75. The number of nitrogens with one attached hydrogen (secondary N) is 1. The van der Waals surface area contributed by atoms with Gasteiger partial charge in [0.15, 0.2) is 5.84 Å². The normalized spacial score (nSPS) is 17.1. The van der Waals surface area contributed by atoms with Crippen LogP contribution < -0.4 is 10.1 Å². The molecule has 1 N–H and O–H groups in total. The van der Waals surface area contributed by atoms with Crippen LogP contribution in [0.1, 0.15) is 17.3 Å². The van der Waals surface area contributed by atoms with Crippen molar-refractivity contribution in [1.82, 2.24) is 10.3 Å². The first-order chi connectivity index (χ1) is 11.8. The highest BCUT2D eigenvalue weighted by Gasteiger charge is 2.24. The summed E-state index contributed by atoms with van der Waals surface area (Å²) in [5, 5.41) is 8.51. The number of benzene rings is 1. The topological polar surface area (TPSA) is 68.9 Å². The molecule has 3 heterocycles. The lowest BCUT2D eigenvalue weighted by atomic mass is 10.1. The van der Waals surface area contributed by atoms with Crippen molar-refractivity contribution in [2.24, 2.45) is 5.16 Å². The number of para-hydroxylation sites is 1. The third kappa shape index (κ3) is 2.60. The number of methoxy groups -OCH3 is 1. The van der Waals surface area contributed by atoms with E-state index in [1.54, 1.807) is 13.4 Å². The molecule has 0 saturated heterocycles. The molecular formula is C17H14BrN3O3. The molecule has 0 bridgehead atoms. The number of oxime groups is 1. The van der Waals surface area contributed by atoms with Crippen LogP contribution >= 0.6 is 15.9 Å². The lowest BCUT2D eigenvalue weighted by Crippen LogP contribution is -2.36. The molecule has 0 fully saturated rings. The van der Waals surface area contributed by atoms with Crippen LogP contribution in [-0.2, 0) is 4.84 Å². The minimum Gasteiger partial charge on any atom is -0.480 e. The summed E-state index contributed by atoms with van der Waals surface area (Å²) in [5.41, 5.74) is 2.52. The van der Waals surface area contributed by atoms with Crippen LogP contribution in [0.15, 0.2) is 56.7 Å². The fourth-order valence-electron chi connectivity index (χ4n) is 2.66.